The van der Waals surface area contributed by atoms with E-state index >= 15 is 0 Å². The predicted octanol–water partition coefficient (Wildman–Crippen LogP) is 2.47. The van der Waals surface area contributed by atoms with Crippen LogP contribution in [-0.4, -0.2) is 21.2 Å². The van der Waals surface area contributed by atoms with Crippen molar-refractivity contribution in [3.05, 3.63) is 46.8 Å². The third-order valence-corrected chi connectivity index (χ3v) is 5.53. The molecular weight excluding hydrogens is 300 g/mol. The smallest absolute Gasteiger partial charge is 0.240 e. The molecule has 24 heavy (non-hydrogen) atoms. The first-order chi connectivity index (χ1) is 11.5. The number of fused-ring (bicyclic) bond motifs is 1. The minimum absolute atomic E-state index is 0.0140. The van der Waals surface area contributed by atoms with Crippen molar-refractivity contribution < 1.29 is 4.79 Å². The zero-order valence-electron chi connectivity index (χ0n) is 14.3. The monoisotopic (exact) mass is 324 g/mol. The summed E-state index contributed by atoms with van der Waals surface area (Å²) in [6.45, 7) is 4.25. The third-order valence-electron chi connectivity index (χ3n) is 5.53. The molecule has 2 aliphatic rings. The van der Waals surface area contributed by atoms with Crippen molar-refractivity contribution in [3.63, 3.8) is 0 Å². The van der Waals surface area contributed by atoms with Crippen LogP contribution < -0.4 is 11.1 Å². The second kappa shape index (κ2) is 5.45. The van der Waals surface area contributed by atoms with Crippen LogP contribution in [0.25, 0.3) is 5.69 Å². The molecule has 3 N–H and O–H groups in total. The first-order valence-electron chi connectivity index (χ1n) is 8.73. The molecule has 1 saturated carbocycles. The Balaban J connectivity index is 1.67. The van der Waals surface area contributed by atoms with Crippen molar-refractivity contribution in [2.45, 2.75) is 57.5 Å². The Labute approximate surface area is 142 Å². The van der Waals surface area contributed by atoms with Gasteiger partial charge in [0, 0.05) is 11.3 Å². The lowest BCUT2D eigenvalue weighted by Gasteiger charge is -2.25. The highest BCUT2D eigenvalue weighted by atomic mass is 16.2. The molecule has 0 aliphatic heterocycles. The quantitative estimate of drug-likeness (QED) is 0.911. The highest BCUT2D eigenvalue weighted by molar-refractivity contribution is 5.89. The lowest BCUT2D eigenvalue weighted by Crippen LogP contribution is -2.44. The minimum Gasteiger partial charge on any atom is -0.348 e. The summed E-state index contributed by atoms with van der Waals surface area (Å²) in [6.07, 6.45) is 6.49. The predicted molar refractivity (Wildman–Crippen MR) is 93.0 cm³/mol. The van der Waals surface area contributed by atoms with Gasteiger partial charge in [0.15, 0.2) is 0 Å². The van der Waals surface area contributed by atoms with Gasteiger partial charge in [-0.1, -0.05) is 12.1 Å². The molecule has 0 unspecified atom stereocenters. The minimum atomic E-state index is -0.624. The third kappa shape index (κ3) is 2.44. The van der Waals surface area contributed by atoms with Gasteiger partial charge in [0.05, 0.1) is 23.5 Å². The van der Waals surface area contributed by atoms with E-state index in [-0.39, 0.29) is 11.9 Å². The number of nitrogens with zero attached hydrogens (tertiary/aromatic N) is 2. The normalized spacial score (nSPS) is 21.2. The second-order valence-electron chi connectivity index (χ2n) is 7.25. The summed E-state index contributed by atoms with van der Waals surface area (Å²) in [7, 11) is 0. The van der Waals surface area contributed by atoms with Crippen LogP contribution in [0.3, 0.4) is 0 Å². The van der Waals surface area contributed by atoms with Crippen LogP contribution >= 0.6 is 0 Å². The molecule has 4 rings (SSSR count). The summed E-state index contributed by atoms with van der Waals surface area (Å²) in [6, 6.07) is 6.32. The zero-order valence-corrected chi connectivity index (χ0v) is 14.3. The molecule has 1 aromatic heterocycles. The maximum atomic E-state index is 12.3. The van der Waals surface area contributed by atoms with E-state index in [0.717, 1.165) is 43.4 Å². The summed E-state index contributed by atoms with van der Waals surface area (Å²) < 4.78 is 2.05. The average molecular weight is 324 g/mol. The summed E-state index contributed by atoms with van der Waals surface area (Å²) in [4.78, 5) is 12.3. The molecule has 1 fully saturated rings. The van der Waals surface area contributed by atoms with Crippen LogP contribution in [-0.2, 0) is 11.2 Å². The number of aromatic nitrogens is 2. The molecule has 0 radical (unpaired) electrons. The first-order valence-corrected chi connectivity index (χ1v) is 8.73. The molecule has 2 aliphatic carbocycles. The van der Waals surface area contributed by atoms with Crippen LogP contribution in [0.1, 0.15) is 54.1 Å². The number of hydrogen-bond donors (Lipinski definition) is 2. The van der Waals surface area contributed by atoms with Gasteiger partial charge in [0.25, 0.3) is 0 Å². The first kappa shape index (κ1) is 15.4. The van der Waals surface area contributed by atoms with Crippen LogP contribution in [0.5, 0.6) is 0 Å². The molecule has 5 nitrogen and oxygen atoms in total. The summed E-state index contributed by atoms with van der Waals surface area (Å²) in [5.41, 5.74) is 11.4. The number of benzene rings is 1. The molecule has 126 valence electrons. The molecule has 1 amide bonds. The highest BCUT2D eigenvalue weighted by Gasteiger charge is 2.46. The van der Waals surface area contributed by atoms with Gasteiger partial charge in [-0.2, -0.15) is 5.10 Å². The van der Waals surface area contributed by atoms with E-state index < -0.39 is 5.54 Å². The molecule has 2 aromatic rings. The molecule has 1 atom stereocenters. The zero-order chi connectivity index (χ0) is 16.9. The molecule has 1 heterocycles. The van der Waals surface area contributed by atoms with Gasteiger partial charge >= 0.3 is 0 Å². The highest BCUT2D eigenvalue weighted by Crippen LogP contribution is 2.36. The van der Waals surface area contributed by atoms with Crippen molar-refractivity contribution >= 4 is 5.91 Å². The number of nitrogens with one attached hydrogen (secondary N) is 1. The number of nitrogens with two attached hydrogens (primary N) is 1. The van der Waals surface area contributed by atoms with Gasteiger partial charge in [0.1, 0.15) is 0 Å². The Bertz CT molecular complexity index is 804. The van der Waals surface area contributed by atoms with Crippen molar-refractivity contribution in [2.75, 3.05) is 0 Å². The number of carbonyl (C=O) groups is 1. The van der Waals surface area contributed by atoms with E-state index in [1.54, 1.807) is 0 Å². The van der Waals surface area contributed by atoms with E-state index in [9.17, 15) is 4.79 Å². The summed E-state index contributed by atoms with van der Waals surface area (Å²) in [5, 5.41) is 7.79. The van der Waals surface area contributed by atoms with E-state index in [0.29, 0.717) is 0 Å². The van der Waals surface area contributed by atoms with Crippen LogP contribution in [0, 0.1) is 13.8 Å². The maximum absolute atomic E-state index is 12.3. The lowest BCUT2D eigenvalue weighted by molar-refractivity contribution is -0.124. The Hall–Kier alpha value is -2.14. The fourth-order valence-electron chi connectivity index (χ4n) is 3.54. The number of aryl methyl sites for hydroxylation is 1. The number of carbonyl (C=O) groups excluding carboxylic acids is 1. The fourth-order valence-corrected chi connectivity index (χ4v) is 3.54. The SMILES string of the molecule is Cc1cccc(-n2ncc3c2CCC[C@H]3NC(=O)C2(N)CC2)c1C. The van der Waals surface area contributed by atoms with E-state index in [1.165, 1.54) is 16.8 Å². The van der Waals surface area contributed by atoms with E-state index in [2.05, 4.69) is 42.5 Å². The molecule has 1 aromatic carbocycles. The number of hydrogen-bond acceptors (Lipinski definition) is 3. The molecule has 5 heteroatoms. The topological polar surface area (TPSA) is 72.9 Å². The number of amides is 1. The average Bonchev–Trinajstić information content (AvgIpc) is 3.18. The van der Waals surface area contributed by atoms with Gasteiger partial charge in [-0.3, -0.25) is 4.79 Å². The van der Waals surface area contributed by atoms with Crippen molar-refractivity contribution in [1.29, 1.82) is 0 Å². The van der Waals surface area contributed by atoms with E-state index in [4.69, 9.17) is 5.73 Å². The van der Waals surface area contributed by atoms with Crippen molar-refractivity contribution in [1.82, 2.24) is 15.1 Å². The fraction of sp³-hybridized carbons (Fsp3) is 0.474. The van der Waals surface area contributed by atoms with E-state index in [1.807, 2.05) is 10.9 Å². The van der Waals surface area contributed by atoms with Gasteiger partial charge in [-0.05, 0) is 63.1 Å². The second-order valence-corrected chi connectivity index (χ2v) is 7.25. The Kier molecular flexibility index (Phi) is 3.49. The maximum Gasteiger partial charge on any atom is 0.240 e. The van der Waals surface area contributed by atoms with Crippen LogP contribution in [0.4, 0.5) is 0 Å². The van der Waals surface area contributed by atoms with Crippen molar-refractivity contribution in [3.8, 4) is 5.69 Å². The lowest BCUT2D eigenvalue weighted by atomic mass is 9.92. The molecule has 0 saturated heterocycles. The Morgan fingerprint density at radius 3 is 2.92 bits per heavy atom. The molecule has 0 bridgehead atoms. The summed E-state index contributed by atoms with van der Waals surface area (Å²) in [5.74, 6) is -0.0140. The molecule has 0 spiro atoms. The van der Waals surface area contributed by atoms with Gasteiger partial charge < -0.3 is 11.1 Å². The standard InChI is InChI=1S/C19H24N4O/c1-12-5-3-7-16(13(12)2)23-17-8-4-6-15(14(17)11-21-23)22-18(24)19(20)9-10-19/h3,5,7,11,15H,4,6,8-10,20H2,1-2H3,(H,22,24)/t15-/m1/s1. The van der Waals surface area contributed by atoms with Crippen LogP contribution in [0.2, 0.25) is 0 Å². The van der Waals surface area contributed by atoms with Gasteiger partial charge in [-0.25, -0.2) is 4.68 Å². The van der Waals surface area contributed by atoms with Gasteiger partial charge in [0.2, 0.25) is 5.91 Å². The Morgan fingerprint density at radius 1 is 1.38 bits per heavy atom. The summed E-state index contributed by atoms with van der Waals surface area (Å²) >= 11 is 0. The van der Waals surface area contributed by atoms with Crippen molar-refractivity contribution in [2.24, 2.45) is 5.73 Å². The van der Waals surface area contributed by atoms with Crippen LogP contribution in [0.15, 0.2) is 24.4 Å². The molecular formula is C19H24N4O. The van der Waals surface area contributed by atoms with Gasteiger partial charge in [-0.15, -0.1) is 0 Å². The Morgan fingerprint density at radius 2 is 2.17 bits per heavy atom. The largest absolute Gasteiger partial charge is 0.348 e. The number of rotatable bonds is 3.